The fraction of sp³-hybridized carbons (Fsp3) is 1.00. The predicted octanol–water partition coefficient (Wildman–Crippen LogP) is 1.43. The first-order valence-corrected chi connectivity index (χ1v) is 4.29. The summed E-state index contributed by atoms with van der Waals surface area (Å²) in [4.78, 5) is 8.22. The molecule has 3 nitrogen and oxygen atoms in total. The van der Waals surface area contributed by atoms with E-state index in [9.17, 15) is 4.57 Å². The van der Waals surface area contributed by atoms with Crippen molar-refractivity contribution in [3.05, 3.63) is 0 Å². The average Bonchev–Trinajstić information content (AvgIpc) is 1.83. The van der Waals surface area contributed by atoms with Gasteiger partial charge in [-0.15, -0.1) is 0 Å². The molecule has 10 heavy (non-hydrogen) atoms. The summed E-state index contributed by atoms with van der Waals surface area (Å²) in [7, 11) is -2.69. The first kappa shape index (κ1) is 13.8. The molecule has 2 unspecified atom stereocenters. The molecule has 0 aliphatic carbocycles. The minimum atomic E-state index is -2.69. The van der Waals surface area contributed by atoms with Gasteiger partial charge in [0, 0.05) is 32.7 Å². The molecule has 0 bridgehead atoms. The third-order valence-electron chi connectivity index (χ3n) is 1.19. The van der Waals surface area contributed by atoms with E-state index in [0.717, 1.165) is 6.42 Å². The van der Waals surface area contributed by atoms with Crippen LogP contribution in [0.2, 0.25) is 0 Å². The molecule has 0 aromatic heterocycles. The van der Waals surface area contributed by atoms with E-state index in [2.05, 4.69) is 4.52 Å². The zero-order valence-corrected chi connectivity index (χ0v) is 10.2. The Kier molecular flexibility index (Phi) is 11.5. The SMILES string of the molecule is CCC(C)CO[PH](=O)O.[Y]. The van der Waals surface area contributed by atoms with Gasteiger partial charge in [-0.05, 0) is 5.92 Å². The van der Waals surface area contributed by atoms with Crippen LogP contribution in [0.25, 0.3) is 0 Å². The van der Waals surface area contributed by atoms with Crippen molar-refractivity contribution in [2.24, 2.45) is 5.92 Å². The van der Waals surface area contributed by atoms with Crippen molar-refractivity contribution >= 4 is 8.25 Å². The zero-order valence-electron chi connectivity index (χ0n) is 6.33. The van der Waals surface area contributed by atoms with Crippen LogP contribution < -0.4 is 0 Å². The second-order valence-corrected chi connectivity index (χ2v) is 2.91. The second-order valence-electron chi connectivity index (χ2n) is 2.09. The fourth-order valence-corrected chi connectivity index (χ4v) is 0.758. The second kappa shape index (κ2) is 8.35. The number of hydrogen-bond donors (Lipinski definition) is 1. The van der Waals surface area contributed by atoms with Crippen molar-refractivity contribution < 1.29 is 46.7 Å². The Morgan fingerprint density at radius 2 is 2.20 bits per heavy atom. The van der Waals surface area contributed by atoms with Crippen LogP contribution in [0.5, 0.6) is 0 Å². The molecule has 1 N–H and O–H groups in total. The van der Waals surface area contributed by atoms with E-state index in [1.807, 2.05) is 13.8 Å². The molecule has 5 heteroatoms. The summed E-state index contributed by atoms with van der Waals surface area (Å²) in [6.45, 7) is 4.39. The van der Waals surface area contributed by atoms with E-state index < -0.39 is 8.25 Å². The quantitative estimate of drug-likeness (QED) is 0.757. The summed E-state index contributed by atoms with van der Waals surface area (Å²) in [6.07, 6.45) is 0.981. The molecule has 0 saturated heterocycles. The monoisotopic (exact) mass is 241 g/mol. The minimum Gasteiger partial charge on any atom is -0.326 e. The fourth-order valence-electron chi connectivity index (χ4n) is 0.331. The molecule has 0 saturated carbocycles. The molecule has 0 rings (SSSR count). The molecule has 1 radical (unpaired) electrons. The van der Waals surface area contributed by atoms with Gasteiger partial charge in [0.05, 0.1) is 6.61 Å². The Labute approximate surface area is 87.4 Å². The van der Waals surface area contributed by atoms with E-state index in [1.54, 1.807) is 0 Å². The summed E-state index contributed by atoms with van der Waals surface area (Å²) in [6, 6.07) is 0. The van der Waals surface area contributed by atoms with Gasteiger partial charge < -0.3 is 9.42 Å². The van der Waals surface area contributed by atoms with Crippen LogP contribution in [-0.2, 0) is 41.8 Å². The van der Waals surface area contributed by atoms with Crippen LogP contribution in [0.15, 0.2) is 0 Å². The summed E-state index contributed by atoms with van der Waals surface area (Å²) in [5.41, 5.74) is 0. The Balaban J connectivity index is 0. The molecule has 0 aromatic carbocycles. The molecule has 0 heterocycles. The smallest absolute Gasteiger partial charge is 0.316 e. The summed E-state index contributed by atoms with van der Waals surface area (Å²) >= 11 is 0. The first-order chi connectivity index (χ1) is 4.16. The molecule has 59 valence electrons. The Morgan fingerprint density at radius 3 is 2.50 bits per heavy atom. The molecule has 0 amide bonds. The molecule has 0 fully saturated rings. The van der Waals surface area contributed by atoms with Gasteiger partial charge in [-0.3, -0.25) is 4.57 Å². The van der Waals surface area contributed by atoms with Gasteiger partial charge in [-0.2, -0.15) is 0 Å². The van der Waals surface area contributed by atoms with Crippen molar-refractivity contribution in [3.8, 4) is 0 Å². The van der Waals surface area contributed by atoms with Gasteiger partial charge in [0.1, 0.15) is 0 Å². The van der Waals surface area contributed by atoms with Gasteiger partial charge in [-0.25, -0.2) is 0 Å². The van der Waals surface area contributed by atoms with E-state index in [4.69, 9.17) is 4.89 Å². The van der Waals surface area contributed by atoms with Gasteiger partial charge in [0.2, 0.25) is 0 Å². The zero-order chi connectivity index (χ0) is 7.28. The topological polar surface area (TPSA) is 46.5 Å². The van der Waals surface area contributed by atoms with Gasteiger partial charge >= 0.3 is 8.25 Å². The van der Waals surface area contributed by atoms with Crippen LogP contribution in [0.4, 0.5) is 0 Å². The van der Waals surface area contributed by atoms with Crippen LogP contribution in [-0.4, -0.2) is 11.5 Å². The summed E-state index contributed by atoms with van der Waals surface area (Å²) in [5, 5.41) is 0. The van der Waals surface area contributed by atoms with Crippen LogP contribution in [0.1, 0.15) is 20.3 Å². The Hall–Kier alpha value is 1.25. The minimum absolute atomic E-state index is 0. The standard InChI is InChI=1S/C5H13O3P.Y/c1-3-5(2)4-8-9(6)7;/h5,9H,3-4H2,1-2H3,(H,6,7);. The maximum Gasteiger partial charge on any atom is 0.316 e. The van der Waals surface area contributed by atoms with Crippen molar-refractivity contribution in [1.29, 1.82) is 0 Å². The average molecular weight is 241 g/mol. The van der Waals surface area contributed by atoms with Gasteiger partial charge in [-0.1, -0.05) is 20.3 Å². The van der Waals surface area contributed by atoms with Crippen LogP contribution in [0, 0.1) is 5.92 Å². The summed E-state index contributed by atoms with van der Waals surface area (Å²) in [5.74, 6) is 0.381. The molecular weight excluding hydrogens is 228 g/mol. The van der Waals surface area contributed by atoms with Crippen molar-refractivity contribution in [2.45, 2.75) is 20.3 Å². The molecule has 0 aromatic rings. The number of hydrogen-bond acceptors (Lipinski definition) is 2. The molecule has 0 spiro atoms. The van der Waals surface area contributed by atoms with Crippen molar-refractivity contribution in [3.63, 3.8) is 0 Å². The van der Waals surface area contributed by atoms with E-state index >= 15 is 0 Å². The molecule has 0 aliphatic rings. The normalized spacial score (nSPS) is 15.5. The molecule has 0 aliphatic heterocycles. The van der Waals surface area contributed by atoms with Crippen molar-refractivity contribution in [2.75, 3.05) is 6.61 Å². The van der Waals surface area contributed by atoms with E-state index in [1.165, 1.54) is 0 Å². The number of rotatable bonds is 4. The van der Waals surface area contributed by atoms with E-state index in [0.29, 0.717) is 12.5 Å². The predicted molar refractivity (Wildman–Crippen MR) is 36.6 cm³/mol. The first-order valence-electron chi connectivity index (χ1n) is 3.02. The van der Waals surface area contributed by atoms with Crippen molar-refractivity contribution in [1.82, 2.24) is 0 Å². The van der Waals surface area contributed by atoms with Crippen LogP contribution in [0.3, 0.4) is 0 Å². The van der Waals surface area contributed by atoms with Gasteiger partial charge in [0.15, 0.2) is 0 Å². The molecular formula is C5H13O3PY. The Morgan fingerprint density at radius 1 is 1.70 bits per heavy atom. The van der Waals surface area contributed by atoms with Gasteiger partial charge in [0.25, 0.3) is 0 Å². The maximum absolute atomic E-state index is 9.98. The Bertz CT molecular complexity index is 98.9. The van der Waals surface area contributed by atoms with E-state index in [-0.39, 0.29) is 32.7 Å². The third kappa shape index (κ3) is 9.25. The maximum atomic E-state index is 9.98. The largest absolute Gasteiger partial charge is 0.326 e. The van der Waals surface area contributed by atoms with Crippen LogP contribution >= 0.6 is 8.25 Å². The molecule has 2 atom stereocenters. The third-order valence-corrected chi connectivity index (χ3v) is 1.60. The summed E-state index contributed by atoms with van der Waals surface area (Å²) < 4.78 is 14.5.